The number of anilines is 1. The smallest absolute Gasteiger partial charge is 0.294 e. The molecule has 0 saturated carbocycles. The molecule has 0 fully saturated rings. The van der Waals surface area contributed by atoms with Gasteiger partial charge in [0, 0.05) is 11.1 Å². The molecule has 0 aliphatic rings. The zero-order valence-electron chi connectivity index (χ0n) is 15.8. The first-order valence-corrected chi connectivity index (χ1v) is 12.0. The van der Waals surface area contributed by atoms with Crippen molar-refractivity contribution in [2.24, 2.45) is 5.10 Å². The van der Waals surface area contributed by atoms with E-state index < -0.39 is 10.1 Å². The number of rotatable bonds is 5. The number of nitrogens with one attached hydrogen (secondary N) is 2. The lowest BCUT2D eigenvalue weighted by Gasteiger charge is -2.08. The van der Waals surface area contributed by atoms with E-state index in [9.17, 15) is 13.5 Å². The van der Waals surface area contributed by atoms with E-state index in [0.717, 1.165) is 5.56 Å². The number of aromatic hydroxyl groups is 1. The first kappa shape index (κ1) is 23.5. The molecule has 1 aromatic heterocycles. The first-order valence-electron chi connectivity index (χ1n) is 8.51. The summed E-state index contributed by atoms with van der Waals surface area (Å²) in [4.78, 5) is 0.402. The van der Waals surface area contributed by atoms with Crippen LogP contribution in [0.3, 0.4) is 0 Å². The predicted octanol–water partition coefficient (Wildman–Crippen LogP) is 5.38. The summed E-state index contributed by atoms with van der Waals surface area (Å²) >= 11 is 18.5. The van der Waals surface area contributed by atoms with Crippen molar-refractivity contribution in [2.75, 3.05) is 5.32 Å². The van der Waals surface area contributed by atoms with Crippen molar-refractivity contribution >= 4 is 73.4 Å². The van der Waals surface area contributed by atoms with Crippen LogP contribution in [0.25, 0.3) is 10.4 Å². The molecule has 0 aliphatic heterocycles. The molecular formula is C19H15Cl2N3O4S3. The maximum absolute atomic E-state index is 11.1. The maximum atomic E-state index is 11.1. The number of hydrogen-bond acceptors (Lipinski definition) is 6. The van der Waals surface area contributed by atoms with Crippen LogP contribution in [-0.4, -0.2) is 28.9 Å². The van der Waals surface area contributed by atoms with E-state index in [0.29, 0.717) is 31.9 Å². The van der Waals surface area contributed by atoms with Crippen LogP contribution in [0.4, 0.5) is 5.69 Å². The van der Waals surface area contributed by atoms with Gasteiger partial charge >= 0.3 is 0 Å². The van der Waals surface area contributed by atoms with Gasteiger partial charge < -0.3 is 10.4 Å². The third-order valence-electron chi connectivity index (χ3n) is 4.07. The summed E-state index contributed by atoms with van der Waals surface area (Å²) in [6.45, 7) is 1.71. The molecule has 12 heteroatoms. The fourth-order valence-corrected chi connectivity index (χ4v) is 4.46. The van der Waals surface area contributed by atoms with Crippen LogP contribution in [0.15, 0.2) is 57.8 Å². The highest BCUT2D eigenvalue weighted by molar-refractivity contribution is 7.85. The van der Waals surface area contributed by atoms with Gasteiger partial charge in [0.1, 0.15) is 5.75 Å². The van der Waals surface area contributed by atoms with Crippen molar-refractivity contribution in [3.8, 4) is 16.2 Å². The number of nitrogens with zero attached hydrogens (tertiary/aromatic N) is 1. The van der Waals surface area contributed by atoms with Crippen LogP contribution in [0.2, 0.25) is 10.0 Å². The van der Waals surface area contributed by atoms with Crippen molar-refractivity contribution in [1.82, 2.24) is 5.43 Å². The summed E-state index contributed by atoms with van der Waals surface area (Å²) in [5.74, 6) is 0.0612. The molecular weight excluding hydrogens is 501 g/mol. The van der Waals surface area contributed by atoms with Gasteiger partial charge in [-0.1, -0.05) is 29.3 Å². The van der Waals surface area contributed by atoms with E-state index >= 15 is 0 Å². The lowest BCUT2D eigenvalue weighted by Crippen LogP contribution is -2.24. The van der Waals surface area contributed by atoms with Gasteiger partial charge in [0.25, 0.3) is 10.1 Å². The number of hydrazone groups is 1. The molecule has 7 nitrogen and oxygen atoms in total. The largest absolute Gasteiger partial charge is 0.506 e. The highest BCUT2D eigenvalue weighted by atomic mass is 35.5. The molecule has 0 bridgehead atoms. The summed E-state index contributed by atoms with van der Waals surface area (Å²) in [6.07, 6.45) is 0. The normalized spacial score (nSPS) is 11.9. The van der Waals surface area contributed by atoms with Crippen LogP contribution in [-0.2, 0) is 10.1 Å². The van der Waals surface area contributed by atoms with E-state index in [1.807, 2.05) is 0 Å². The third-order valence-corrected chi connectivity index (χ3v) is 6.89. The van der Waals surface area contributed by atoms with Crippen molar-refractivity contribution < 1.29 is 18.1 Å². The molecule has 2 aromatic carbocycles. The average molecular weight is 516 g/mol. The van der Waals surface area contributed by atoms with E-state index in [2.05, 4.69) is 15.8 Å². The predicted molar refractivity (Wildman–Crippen MR) is 129 cm³/mol. The van der Waals surface area contributed by atoms with Crippen molar-refractivity contribution in [3.05, 3.63) is 63.5 Å². The number of thiocarbonyl (C=S) groups is 1. The van der Waals surface area contributed by atoms with Gasteiger partial charge in [-0.15, -0.1) is 11.3 Å². The molecule has 0 unspecified atom stereocenters. The zero-order valence-corrected chi connectivity index (χ0v) is 19.7. The van der Waals surface area contributed by atoms with Gasteiger partial charge in [0.15, 0.2) is 5.11 Å². The Morgan fingerprint density at radius 2 is 1.81 bits per heavy atom. The van der Waals surface area contributed by atoms with Gasteiger partial charge in [0.05, 0.1) is 31.1 Å². The Morgan fingerprint density at radius 1 is 1.13 bits per heavy atom. The van der Waals surface area contributed by atoms with Crippen molar-refractivity contribution in [2.45, 2.75) is 11.8 Å². The molecule has 4 N–H and O–H groups in total. The SMILES string of the molecule is C/C(=N\NC(=S)Nc1ccc(S(=O)(=O)O)cc1)c1csc(-c2ccc(Cl)c(Cl)c2)c1O. The van der Waals surface area contributed by atoms with Crippen molar-refractivity contribution in [1.29, 1.82) is 0 Å². The van der Waals surface area contributed by atoms with Crippen LogP contribution in [0.5, 0.6) is 5.75 Å². The van der Waals surface area contributed by atoms with Crippen LogP contribution >= 0.6 is 46.8 Å². The van der Waals surface area contributed by atoms with E-state index in [1.165, 1.54) is 35.6 Å². The number of benzene rings is 2. The molecule has 162 valence electrons. The molecule has 1 heterocycles. The third kappa shape index (κ3) is 5.73. The fraction of sp³-hybridized carbons (Fsp3) is 0.0526. The Kier molecular flexibility index (Phi) is 7.20. The van der Waals surface area contributed by atoms with Gasteiger partial charge in [-0.2, -0.15) is 13.5 Å². The monoisotopic (exact) mass is 515 g/mol. The fourth-order valence-electron chi connectivity index (χ4n) is 2.51. The quantitative estimate of drug-likeness (QED) is 0.156. The zero-order chi connectivity index (χ0) is 22.8. The maximum Gasteiger partial charge on any atom is 0.294 e. The van der Waals surface area contributed by atoms with Crippen LogP contribution < -0.4 is 10.7 Å². The first-order chi connectivity index (χ1) is 14.6. The Hall–Kier alpha value is -2.21. The Labute approximate surface area is 198 Å². The summed E-state index contributed by atoms with van der Waals surface area (Å²) < 4.78 is 31.2. The lowest BCUT2D eigenvalue weighted by atomic mass is 10.1. The molecule has 3 aromatic rings. The molecule has 0 radical (unpaired) electrons. The lowest BCUT2D eigenvalue weighted by molar-refractivity contribution is 0.478. The van der Waals surface area contributed by atoms with Gasteiger partial charge in [-0.25, -0.2) is 0 Å². The second-order valence-corrected chi connectivity index (χ2v) is 9.74. The van der Waals surface area contributed by atoms with Crippen LogP contribution in [0, 0.1) is 0 Å². The van der Waals surface area contributed by atoms with E-state index in [-0.39, 0.29) is 15.8 Å². The average Bonchev–Trinajstić information content (AvgIpc) is 3.09. The molecule has 0 atom stereocenters. The topological polar surface area (TPSA) is 111 Å². The Morgan fingerprint density at radius 3 is 2.42 bits per heavy atom. The molecule has 31 heavy (non-hydrogen) atoms. The molecule has 0 aliphatic carbocycles. The number of hydrogen-bond donors (Lipinski definition) is 4. The number of halogens is 2. The van der Waals surface area contributed by atoms with Gasteiger partial charge in [0.2, 0.25) is 0 Å². The molecule has 3 rings (SSSR count). The Bertz CT molecular complexity index is 1270. The molecule has 0 spiro atoms. The molecule has 0 saturated heterocycles. The second-order valence-electron chi connectivity index (χ2n) is 6.22. The van der Waals surface area contributed by atoms with Gasteiger partial charge in [-0.05, 0) is 61.1 Å². The van der Waals surface area contributed by atoms with Crippen LogP contribution in [0.1, 0.15) is 12.5 Å². The standard InChI is InChI=1S/C19H15Cl2N3O4S3/c1-10(14-9-30-18(17(14)25)11-2-7-15(20)16(21)8-11)23-24-19(29)22-12-3-5-13(6-4-12)31(26,27)28/h2-9,25H,1H3,(H2,22,24,29)(H,26,27,28)/b23-10+. The highest BCUT2D eigenvalue weighted by Gasteiger charge is 2.16. The minimum absolute atomic E-state index is 0.0612. The minimum atomic E-state index is -4.26. The van der Waals surface area contributed by atoms with E-state index in [4.69, 9.17) is 40.0 Å². The highest BCUT2D eigenvalue weighted by Crippen LogP contribution is 2.40. The summed E-state index contributed by atoms with van der Waals surface area (Å²) in [7, 11) is -4.26. The van der Waals surface area contributed by atoms with Gasteiger partial charge in [-0.3, -0.25) is 9.98 Å². The molecule has 0 amide bonds. The Balaban J connectivity index is 1.69. The minimum Gasteiger partial charge on any atom is -0.506 e. The number of thiophene rings is 1. The summed E-state index contributed by atoms with van der Waals surface area (Å²) in [6, 6.07) is 10.5. The summed E-state index contributed by atoms with van der Waals surface area (Å²) in [5.41, 5.74) is 4.91. The van der Waals surface area contributed by atoms with E-state index in [1.54, 1.807) is 30.5 Å². The summed E-state index contributed by atoms with van der Waals surface area (Å²) in [5, 5.41) is 20.4. The second kappa shape index (κ2) is 9.51. The van der Waals surface area contributed by atoms with Crippen molar-refractivity contribution in [3.63, 3.8) is 0 Å².